The largest absolute Gasteiger partial charge is 0.459 e. The number of halogens is 1. The fraction of sp³-hybridized carbons (Fsp3) is 0.500. The summed E-state index contributed by atoms with van der Waals surface area (Å²) in [5.74, 6) is 1.22. The molecule has 3 rings (SSSR count). The number of hydrogen-bond acceptors (Lipinski definition) is 5. The minimum Gasteiger partial charge on any atom is -0.459 e. The van der Waals surface area contributed by atoms with Crippen molar-refractivity contribution in [2.24, 2.45) is 4.99 Å². The molecule has 2 aromatic heterocycles. The van der Waals surface area contributed by atoms with Gasteiger partial charge in [0.1, 0.15) is 5.01 Å². The zero-order valence-corrected chi connectivity index (χ0v) is 19.0. The van der Waals surface area contributed by atoms with E-state index in [1.165, 1.54) is 11.1 Å². The summed E-state index contributed by atoms with van der Waals surface area (Å²) in [6, 6.07) is 3.44. The monoisotopic (exact) mass is 503 g/mol. The van der Waals surface area contributed by atoms with Crippen molar-refractivity contribution in [3.8, 4) is 0 Å². The number of aliphatic imine (C=N–C) groups is 1. The van der Waals surface area contributed by atoms with Crippen LogP contribution in [-0.4, -0.2) is 59.4 Å². The van der Waals surface area contributed by atoms with Crippen LogP contribution in [0.2, 0.25) is 0 Å². The lowest BCUT2D eigenvalue weighted by atomic mass is 10.3. The zero-order valence-electron chi connectivity index (χ0n) is 15.9. The van der Waals surface area contributed by atoms with Gasteiger partial charge < -0.3 is 19.5 Å². The van der Waals surface area contributed by atoms with Gasteiger partial charge in [0, 0.05) is 37.6 Å². The summed E-state index contributed by atoms with van der Waals surface area (Å²) in [7, 11) is 0. The maximum atomic E-state index is 12.4. The highest BCUT2D eigenvalue weighted by molar-refractivity contribution is 14.0. The number of guanidine groups is 1. The van der Waals surface area contributed by atoms with Crippen LogP contribution < -0.4 is 5.32 Å². The van der Waals surface area contributed by atoms with Gasteiger partial charge in [-0.15, -0.1) is 35.3 Å². The fourth-order valence-corrected chi connectivity index (χ4v) is 3.71. The number of hydrogen-bond donors (Lipinski definition) is 1. The van der Waals surface area contributed by atoms with Crippen molar-refractivity contribution in [1.82, 2.24) is 20.1 Å². The SMILES string of the molecule is CCNC(=NCc1nc(C)c(C)s1)N1CCN(C(=O)c2ccco2)CC1.I. The number of carbonyl (C=O) groups excluding carboxylic acids is 1. The maximum Gasteiger partial charge on any atom is 0.289 e. The molecule has 1 N–H and O–H groups in total. The minimum atomic E-state index is -0.0506. The molecule has 0 atom stereocenters. The van der Waals surface area contributed by atoms with Crippen molar-refractivity contribution in [3.63, 3.8) is 0 Å². The molecule has 9 heteroatoms. The third-order valence-electron chi connectivity index (χ3n) is 4.37. The molecule has 2 aromatic rings. The Kier molecular flexibility index (Phi) is 8.08. The summed E-state index contributed by atoms with van der Waals surface area (Å²) in [5, 5.41) is 4.38. The van der Waals surface area contributed by atoms with Gasteiger partial charge in [0.15, 0.2) is 11.7 Å². The number of furan rings is 1. The number of nitrogens with one attached hydrogen (secondary N) is 1. The molecular weight excluding hydrogens is 477 g/mol. The first kappa shape index (κ1) is 21.7. The Bertz CT molecular complexity index is 747. The van der Waals surface area contributed by atoms with E-state index in [9.17, 15) is 4.79 Å². The van der Waals surface area contributed by atoms with Crippen LogP contribution in [0.4, 0.5) is 0 Å². The van der Waals surface area contributed by atoms with Crippen LogP contribution in [0.25, 0.3) is 0 Å². The van der Waals surface area contributed by atoms with Crippen LogP contribution >= 0.6 is 35.3 Å². The molecule has 0 aromatic carbocycles. The Hall–Kier alpha value is -1.62. The second-order valence-corrected chi connectivity index (χ2v) is 7.46. The van der Waals surface area contributed by atoms with Crippen LogP contribution in [0.15, 0.2) is 27.8 Å². The Labute approximate surface area is 180 Å². The molecule has 7 nitrogen and oxygen atoms in total. The fourth-order valence-electron chi connectivity index (χ4n) is 2.85. The summed E-state index contributed by atoms with van der Waals surface area (Å²) in [6.45, 7) is 10.3. The van der Waals surface area contributed by atoms with Gasteiger partial charge in [0.2, 0.25) is 0 Å². The van der Waals surface area contributed by atoms with Crippen LogP contribution in [-0.2, 0) is 6.54 Å². The molecule has 1 fully saturated rings. The Morgan fingerprint density at radius 2 is 2.00 bits per heavy atom. The topological polar surface area (TPSA) is 74.0 Å². The van der Waals surface area contributed by atoms with Crippen molar-refractivity contribution in [1.29, 1.82) is 0 Å². The molecule has 0 spiro atoms. The van der Waals surface area contributed by atoms with Crippen LogP contribution in [0, 0.1) is 13.8 Å². The Morgan fingerprint density at radius 1 is 1.30 bits per heavy atom. The van der Waals surface area contributed by atoms with Gasteiger partial charge in [-0.2, -0.15) is 0 Å². The molecule has 0 aliphatic carbocycles. The molecular formula is C18H26IN5O2S. The highest BCUT2D eigenvalue weighted by Gasteiger charge is 2.25. The lowest BCUT2D eigenvalue weighted by molar-refractivity contribution is 0.0657. The van der Waals surface area contributed by atoms with E-state index in [4.69, 9.17) is 9.41 Å². The molecule has 1 amide bonds. The number of aryl methyl sites for hydroxylation is 2. The molecule has 148 valence electrons. The molecule has 0 saturated carbocycles. The van der Waals surface area contributed by atoms with Gasteiger partial charge in [-0.05, 0) is 32.9 Å². The van der Waals surface area contributed by atoms with E-state index in [1.807, 2.05) is 11.8 Å². The zero-order chi connectivity index (χ0) is 18.5. The van der Waals surface area contributed by atoms with E-state index in [0.29, 0.717) is 25.4 Å². The third-order valence-corrected chi connectivity index (χ3v) is 5.43. The molecule has 0 unspecified atom stereocenters. The summed E-state index contributed by atoms with van der Waals surface area (Å²) in [4.78, 5) is 26.9. The van der Waals surface area contributed by atoms with Crippen molar-refractivity contribution < 1.29 is 9.21 Å². The van der Waals surface area contributed by atoms with Crippen LogP contribution in [0.5, 0.6) is 0 Å². The molecule has 0 radical (unpaired) electrons. The number of piperazine rings is 1. The lowest BCUT2D eigenvalue weighted by Gasteiger charge is -2.36. The van der Waals surface area contributed by atoms with Crippen molar-refractivity contribution in [3.05, 3.63) is 39.7 Å². The average molecular weight is 503 g/mol. The van der Waals surface area contributed by atoms with Crippen LogP contribution in [0.3, 0.4) is 0 Å². The first-order valence-electron chi connectivity index (χ1n) is 8.87. The van der Waals surface area contributed by atoms with E-state index >= 15 is 0 Å². The molecule has 1 aliphatic heterocycles. The first-order chi connectivity index (χ1) is 12.6. The number of rotatable bonds is 4. The summed E-state index contributed by atoms with van der Waals surface area (Å²) < 4.78 is 5.21. The highest BCUT2D eigenvalue weighted by Crippen LogP contribution is 2.17. The molecule has 1 aliphatic rings. The van der Waals surface area contributed by atoms with Crippen molar-refractivity contribution >= 4 is 47.2 Å². The molecule has 1 saturated heterocycles. The summed E-state index contributed by atoms with van der Waals surface area (Å²) in [5.41, 5.74) is 1.08. The number of thiazole rings is 1. The normalized spacial score (nSPS) is 14.9. The van der Waals surface area contributed by atoms with E-state index in [2.05, 4.69) is 29.0 Å². The van der Waals surface area contributed by atoms with Gasteiger partial charge in [-0.25, -0.2) is 9.98 Å². The third kappa shape index (κ3) is 5.44. The van der Waals surface area contributed by atoms with E-state index in [1.54, 1.807) is 23.5 Å². The quantitative estimate of drug-likeness (QED) is 0.395. The molecule has 27 heavy (non-hydrogen) atoms. The molecule has 0 bridgehead atoms. The maximum absolute atomic E-state index is 12.4. The number of carbonyl (C=O) groups is 1. The Balaban J connectivity index is 0.00000261. The lowest BCUT2D eigenvalue weighted by Crippen LogP contribution is -2.53. The second kappa shape index (κ2) is 10.1. The predicted octanol–water partition coefficient (Wildman–Crippen LogP) is 2.89. The summed E-state index contributed by atoms with van der Waals surface area (Å²) >= 11 is 1.70. The first-order valence-corrected chi connectivity index (χ1v) is 9.69. The predicted molar refractivity (Wildman–Crippen MR) is 118 cm³/mol. The van der Waals surface area contributed by atoms with E-state index in [-0.39, 0.29) is 29.9 Å². The number of nitrogens with zero attached hydrogens (tertiary/aromatic N) is 4. The van der Waals surface area contributed by atoms with Gasteiger partial charge in [0.05, 0.1) is 18.5 Å². The number of aromatic nitrogens is 1. The van der Waals surface area contributed by atoms with E-state index < -0.39 is 0 Å². The van der Waals surface area contributed by atoms with Gasteiger partial charge >= 0.3 is 0 Å². The minimum absolute atomic E-state index is 0. The van der Waals surface area contributed by atoms with Gasteiger partial charge in [-0.3, -0.25) is 4.79 Å². The Morgan fingerprint density at radius 3 is 2.56 bits per heavy atom. The average Bonchev–Trinajstić information content (AvgIpc) is 3.29. The smallest absolute Gasteiger partial charge is 0.289 e. The van der Waals surface area contributed by atoms with Crippen LogP contribution in [0.1, 0.15) is 33.1 Å². The van der Waals surface area contributed by atoms with E-state index in [0.717, 1.165) is 36.3 Å². The van der Waals surface area contributed by atoms with Crippen molar-refractivity contribution in [2.45, 2.75) is 27.3 Å². The highest BCUT2D eigenvalue weighted by atomic mass is 127. The standard InChI is InChI=1S/C18H25N5O2S.HI/c1-4-19-18(20-12-16-21-13(2)14(3)26-16)23-9-7-22(8-10-23)17(24)15-6-5-11-25-15;/h5-6,11H,4,7-10,12H2,1-3H3,(H,19,20);1H. The van der Waals surface area contributed by atoms with Gasteiger partial charge in [-0.1, -0.05) is 0 Å². The summed E-state index contributed by atoms with van der Waals surface area (Å²) in [6.07, 6.45) is 1.53. The number of amides is 1. The second-order valence-electron chi connectivity index (χ2n) is 6.18. The molecule has 3 heterocycles. The van der Waals surface area contributed by atoms with Gasteiger partial charge in [0.25, 0.3) is 5.91 Å². The van der Waals surface area contributed by atoms with Crippen molar-refractivity contribution in [2.75, 3.05) is 32.7 Å².